The van der Waals surface area contributed by atoms with Gasteiger partial charge in [-0.2, -0.15) is 0 Å². The van der Waals surface area contributed by atoms with Crippen LogP contribution in [0, 0.1) is 5.92 Å². The lowest BCUT2D eigenvalue weighted by atomic mass is 9.92. The van der Waals surface area contributed by atoms with Gasteiger partial charge in [-0.15, -0.1) is 12.4 Å². The summed E-state index contributed by atoms with van der Waals surface area (Å²) in [7, 11) is 0. The van der Waals surface area contributed by atoms with Crippen LogP contribution >= 0.6 is 12.4 Å². The van der Waals surface area contributed by atoms with E-state index in [0.29, 0.717) is 24.0 Å². The van der Waals surface area contributed by atoms with Crippen molar-refractivity contribution in [2.24, 2.45) is 11.7 Å². The SMILES string of the molecule is CCOc1ccccc1OCC(=O)N1CCCC(C(C)N)C1.Cl. The lowest BCUT2D eigenvalue weighted by Gasteiger charge is -2.34. The Kier molecular flexibility index (Phi) is 8.20. The standard InChI is InChI=1S/C17H26N2O3.ClH/c1-3-21-15-8-4-5-9-16(15)22-12-17(20)19-10-6-7-14(11-19)13(2)18;/h4-5,8-9,13-14H,3,6-7,10-12,18H2,1-2H3;1H. The number of hydrogen-bond donors (Lipinski definition) is 1. The molecule has 5 nitrogen and oxygen atoms in total. The maximum atomic E-state index is 12.3. The number of nitrogens with zero attached hydrogens (tertiary/aromatic N) is 1. The van der Waals surface area contributed by atoms with Crippen LogP contribution in [0.5, 0.6) is 11.5 Å². The Bertz CT molecular complexity index is 496. The van der Waals surface area contributed by atoms with Gasteiger partial charge in [0.25, 0.3) is 5.91 Å². The maximum Gasteiger partial charge on any atom is 0.260 e. The topological polar surface area (TPSA) is 64.8 Å². The summed E-state index contributed by atoms with van der Waals surface area (Å²) < 4.78 is 11.1. The Hall–Kier alpha value is -1.46. The average molecular weight is 343 g/mol. The molecule has 2 rings (SSSR count). The van der Waals surface area contributed by atoms with Crippen molar-refractivity contribution in [3.05, 3.63) is 24.3 Å². The maximum absolute atomic E-state index is 12.3. The zero-order valence-electron chi connectivity index (χ0n) is 13.9. The Labute approximate surface area is 144 Å². The number of hydrogen-bond acceptors (Lipinski definition) is 4. The average Bonchev–Trinajstić information content (AvgIpc) is 2.54. The number of carbonyl (C=O) groups excluding carboxylic acids is 1. The van der Waals surface area contributed by atoms with Crippen LogP contribution in [0.3, 0.4) is 0 Å². The van der Waals surface area contributed by atoms with Gasteiger partial charge < -0.3 is 20.1 Å². The van der Waals surface area contributed by atoms with E-state index in [4.69, 9.17) is 15.2 Å². The summed E-state index contributed by atoms with van der Waals surface area (Å²) in [6.45, 7) is 6.05. The third-order valence-corrected chi connectivity index (χ3v) is 4.05. The van der Waals surface area contributed by atoms with Crippen LogP contribution in [-0.2, 0) is 4.79 Å². The van der Waals surface area contributed by atoms with E-state index in [2.05, 4.69) is 0 Å². The third-order valence-electron chi connectivity index (χ3n) is 4.05. The van der Waals surface area contributed by atoms with Crippen LogP contribution in [-0.4, -0.2) is 43.2 Å². The fraction of sp³-hybridized carbons (Fsp3) is 0.588. The zero-order chi connectivity index (χ0) is 15.9. The first-order valence-corrected chi connectivity index (χ1v) is 7.99. The van der Waals surface area contributed by atoms with Gasteiger partial charge in [0, 0.05) is 19.1 Å². The van der Waals surface area contributed by atoms with Gasteiger partial charge in [0.2, 0.25) is 0 Å². The molecule has 1 fully saturated rings. The molecular weight excluding hydrogens is 316 g/mol. The zero-order valence-corrected chi connectivity index (χ0v) is 14.7. The van der Waals surface area contributed by atoms with Gasteiger partial charge in [0.1, 0.15) is 0 Å². The number of para-hydroxylation sites is 2. The molecule has 0 bridgehead atoms. The summed E-state index contributed by atoms with van der Waals surface area (Å²) >= 11 is 0. The van der Waals surface area contributed by atoms with Crippen LogP contribution in [0.2, 0.25) is 0 Å². The second kappa shape index (κ2) is 9.63. The molecule has 0 saturated carbocycles. The molecule has 1 heterocycles. The van der Waals surface area contributed by atoms with Gasteiger partial charge in [0.15, 0.2) is 18.1 Å². The summed E-state index contributed by atoms with van der Waals surface area (Å²) in [6, 6.07) is 7.54. The number of piperidine rings is 1. The van der Waals surface area contributed by atoms with E-state index in [1.807, 2.05) is 43.0 Å². The molecule has 1 amide bonds. The highest BCUT2D eigenvalue weighted by molar-refractivity contribution is 5.85. The van der Waals surface area contributed by atoms with E-state index in [-0.39, 0.29) is 31.0 Å². The highest BCUT2D eigenvalue weighted by Gasteiger charge is 2.26. The lowest BCUT2D eigenvalue weighted by Crippen LogP contribution is -2.46. The van der Waals surface area contributed by atoms with Gasteiger partial charge in [-0.3, -0.25) is 4.79 Å². The van der Waals surface area contributed by atoms with Crippen molar-refractivity contribution in [2.45, 2.75) is 32.7 Å². The number of amides is 1. The summed E-state index contributed by atoms with van der Waals surface area (Å²) in [6.07, 6.45) is 2.10. The van der Waals surface area contributed by atoms with Crippen LogP contribution < -0.4 is 15.2 Å². The first-order chi connectivity index (χ1) is 10.6. The molecule has 23 heavy (non-hydrogen) atoms. The van der Waals surface area contributed by atoms with Gasteiger partial charge in [-0.05, 0) is 44.7 Å². The lowest BCUT2D eigenvalue weighted by molar-refractivity contribution is -0.135. The van der Waals surface area contributed by atoms with Crippen LogP contribution in [0.25, 0.3) is 0 Å². The second-order valence-electron chi connectivity index (χ2n) is 5.77. The highest BCUT2D eigenvalue weighted by atomic mass is 35.5. The molecule has 6 heteroatoms. The van der Waals surface area contributed by atoms with Crippen LogP contribution in [0.1, 0.15) is 26.7 Å². The van der Waals surface area contributed by atoms with Crippen molar-refractivity contribution in [1.82, 2.24) is 4.90 Å². The Morgan fingerprint density at radius 2 is 2.00 bits per heavy atom. The minimum atomic E-state index is 0. The van der Waals surface area contributed by atoms with Crippen molar-refractivity contribution >= 4 is 18.3 Å². The number of benzene rings is 1. The molecule has 1 aromatic carbocycles. The molecule has 130 valence electrons. The molecule has 0 aliphatic carbocycles. The third kappa shape index (κ3) is 5.59. The quantitative estimate of drug-likeness (QED) is 0.862. The molecule has 2 N–H and O–H groups in total. The number of likely N-dealkylation sites (tertiary alicyclic amines) is 1. The Balaban J connectivity index is 0.00000264. The molecule has 2 atom stereocenters. The molecule has 0 aromatic heterocycles. The minimum Gasteiger partial charge on any atom is -0.490 e. The van der Waals surface area contributed by atoms with Crippen molar-refractivity contribution < 1.29 is 14.3 Å². The monoisotopic (exact) mass is 342 g/mol. The van der Waals surface area contributed by atoms with Crippen LogP contribution in [0.4, 0.5) is 0 Å². The smallest absolute Gasteiger partial charge is 0.260 e. The van der Waals surface area contributed by atoms with E-state index in [1.54, 1.807) is 0 Å². The number of carbonyl (C=O) groups is 1. The molecule has 2 unspecified atom stereocenters. The highest BCUT2D eigenvalue weighted by Crippen LogP contribution is 2.26. The predicted octanol–water partition coefficient (Wildman–Crippen LogP) is 2.47. The molecule has 1 aromatic rings. The van der Waals surface area contributed by atoms with E-state index in [9.17, 15) is 4.79 Å². The predicted molar refractivity (Wildman–Crippen MR) is 93.3 cm³/mol. The van der Waals surface area contributed by atoms with Crippen molar-refractivity contribution in [2.75, 3.05) is 26.3 Å². The van der Waals surface area contributed by atoms with E-state index in [1.165, 1.54) is 0 Å². The van der Waals surface area contributed by atoms with Crippen molar-refractivity contribution in [1.29, 1.82) is 0 Å². The summed E-state index contributed by atoms with van der Waals surface area (Å²) in [5.41, 5.74) is 5.96. The molecule has 1 aliphatic heterocycles. The largest absolute Gasteiger partial charge is 0.490 e. The molecular formula is C17H27ClN2O3. The second-order valence-corrected chi connectivity index (χ2v) is 5.77. The number of rotatable bonds is 6. The molecule has 0 radical (unpaired) electrons. The molecule has 1 aliphatic rings. The van der Waals surface area contributed by atoms with E-state index < -0.39 is 0 Å². The van der Waals surface area contributed by atoms with E-state index in [0.717, 1.165) is 25.9 Å². The summed E-state index contributed by atoms with van der Waals surface area (Å²) in [4.78, 5) is 14.2. The fourth-order valence-corrected chi connectivity index (χ4v) is 2.74. The van der Waals surface area contributed by atoms with Gasteiger partial charge in [-0.25, -0.2) is 0 Å². The molecule has 0 spiro atoms. The number of nitrogens with two attached hydrogens (primary N) is 1. The van der Waals surface area contributed by atoms with Crippen LogP contribution in [0.15, 0.2) is 24.3 Å². The van der Waals surface area contributed by atoms with Gasteiger partial charge in [0.05, 0.1) is 6.61 Å². The summed E-state index contributed by atoms with van der Waals surface area (Å²) in [5.74, 6) is 1.67. The number of halogens is 1. The van der Waals surface area contributed by atoms with Gasteiger partial charge in [-0.1, -0.05) is 12.1 Å². The minimum absolute atomic E-state index is 0. The first kappa shape index (κ1) is 19.6. The molecule has 1 saturated heterocycles. The Morgan fingerprint density at radius 1 is 1.35 bits per heavy atom. The summed E-state index contributed by atoms with van der Waals surface area (Å²) in [5, 5.41) is 0. The van der Waals surface area contributed by atoms with Gasteiger partial charge >= 0.3 is 0 Å². The van der Waals surface area contributed by atoms with E-state index >= 15 is 0 Å². The first-order valence-electron chi connectivity index (χ1n) is 7.99. The van der Waals surface area contributed by atoms with Crippen molar-refractivity contribution in [3.8, 4) is 11.5 Å². The van der Waals surface area contributed by atoms with Crippen molar-refractivity contribution in [3.63, 3.8) is 0 Å². The normalized spacial score (nSPS) is 18.7. The Morgan fingerprint density at radius 3 is 2.61 bits per heavy atom. The number of ether oxygens (including phenoxy) is 2. The fourth-order valence-electron chi connectivity index (χ4n) is 2.74.